The van der Waals surface area contributed by atoms with Gasteiger partial charge >= 0.3 is 0 Å². The lowest BCUT2D eigenvalue weighted by Gasteiger charge is -2.23. The van der Waals surface area contributed by atoms with Crippen LogP contribution in [0, 0.1) is 0 Å². The van der Waals surface area contributed by atoms with Gasteiger partial charge in [0, 0.05) is 18.7 Å². The van der Waals surface area contributed by atoms with E-state index in [4.69, 9.17) is 13.9 Å². The van der Waals surface area contributed by atoms with Crippen LogP contribution in [-0.4, -0.2) is 47.6 Å². The van der Waals surface area contributed by atoms with Crippen LogP contribution >= 0.6 is 0 Å². The van der Waals surface area contributed by atoms with Crippen LogP contribution in [0.1, 0.15) is 44.6 Å². The Morgan fingerprint density at radius 3 is 2.53 bits per heavy atom. The van der Waals surface area contributed by atoms with E-state index in [1.807, 2.05) is 20.8 Å². The lowest BCUT2D eigenvalue weighted by molar-refractivity contribution is -0.140. The number of rotatable bonds is 9. The molecule has 7 heteroatoms. The molecule has 0 spiro atoms. The Hall–Kier alpha value is -3.06. The second-order valence-electron chi connectivity index (χ2n) is 7.24. The number of amides is 1. The van der Waals surface area contributed by atoms with Gasteiger partial charge in [0.1, 0.15) is 23.3 Å². The molecule has 0 saturated carbocycles. The number of benzene rings is 1. The van der Waals surface area contributed by atoms with E-state index in [1.165, 1.54) is 11.2 Å². The minimum Gasteiger partial charge on any atom is -0.507 e. The van der Waals surface area contributed by atoms with E-state index in [2.05, 4.69) is 0 Å². The van der Waals surface area contributed by atoms with Crippen molar-refractivity contribution in [2.75, 3.05) is 19.8 Å². The highest BCUT2D eigenvalue weighted by atomic mass is 16.5. The normalized spacial score (nSPS) is 18.4. The van der Waals surface area contributed by atoms with Crippen molar-refractivity contribution in [1.82, 2.24) is 4.90 Å². The number of hydrogen-bond donors (Lipinski definition) is 1. The van der Waals surface area contributed by atoms with E-state index >= 15 is 0 Å². The fourth-order valence-corrected chi connectivity index (χ4v) is 3.44. The second-order valence-corrected chi connectivity index (χ2v) is 7.24. The molecule has 1 saturated heterocycles. The van der Waals surface area contributed by atoms with Crippen LogP contribution in [0.2, 0.25) is 0 Å². The number of carbonyl (C=O) groups excluding carboxylic acids is 2. The maximum atomic E-state index is 12.8. The first-order valence-corrected chi connectivity index (χ1v) is 10.1. The van der Waals surface area contributed by atoms with Gasteiger partial charge in [-0.1, -0.05) is 0 Å². The zero-order chi connectivity index (χ0) is 21.7. The summed E-state index contributed by atoms with van der Waals surface area (Å²) in [6.07, 6.45) is 2.13. The number of aliphatic hydroxyl groups is 1. The number of Topliss-reactive ketones (excluding diaryl/α,β-unsaturated/α-hetero) is 1. The zero-order valence-corrected chi connectivity index (χ0v) is 17.5. The van der Waals surface area contributed by atoms with Crippen LogP contribution in [0.5, 0.6) is 5.75 Å². The van der Waals surface area contributed by atoms with Gasteiger partial charge in [-0.25, -0.2) is 0 Å². The third kappa shape index (κ3) is 4.57. The molecule has 0 aliphatic carbocycles. The van der Waals surface area contributed by atoms with Crippen molar-refractivity contribution >= 4 is 17.4 Å². The average molecular weight is 413 g/mol. The standard InChI is InChI=1S/C23H27NO6/c1-4-28-17-10-8-16(9-11-17)21(25)19-20(18-7-5-13-30-18)24(23(27)22(19)26)12-6-14-29-15(2)3/h5,7-11,13,15,20,25H,4,6,12,14H2,1-3H3/b21-19-. The summed E-state index contributed by atoms with van der Waals surface area (Å²) in [4.78, 5) is 27.0. The number of hydrogen-bond acceptors (Lipinski definition) is 6. The lowest BCUT2D eigenvalue weighted by Crippen LogP contribution is -2.31. The topological polar surface area (TPSA) is 89.2 Å². The van der Waals surface area contributed by atoms with Crippen LogP contribution in [0.4, 0.5) is 0 Å². The fourth-order valence-electron chi connectivity index (χ4n) is 3.44. The van der Waals surface area contributed by atoms with Gasteiger partial charge in [0.15, 0.2) is 0 Å². The van der Waals surface area contributed by atoms with Crippen LogP contribution in [0.3, 0.4) is 0 Å². The predicted octanol–water partition coefficient (Wildman–Crippen LogP) is 3.92. The van der Waals surface area contributed by atoms with Crippen molar-refractivity contribution in [3.8, 4) is 5.75 Å². The van der Waals surface area contributed by atoms with E-state index in [1.54, 1.807) is 36.4 Å². The molecule has 1 aromatic heterocycles. The van der Waals surface area contributed by atoms with Crippen LogP contribution in [0.15, 0.2) is 52.7 Å². The van der Waals surface area contributed by atoms with E-state index in [-0.39, 0.29) is 17.4 Å². The van der Waals surface area contributed by atoms with Gasteiger partial charge in [0.25, 0.3) is 11.7 Å². The predicted molar refractivity (Wildman–Crippen MR) is 111 cm³/mol. The quantitative estimate of drug-likeness (QED) is 0.290. The minimum absolute atomic E-state index is 0.0175. The monoisotopic (exact) mass is 413 g/mol. The van der Waals surface area contributed by atoms with Crippen molar-refractivity contribution in [2.45, 2.75) is 39.3 Å². The third-order valence-electron chi connectivity index (χ3n) is 4.79. The van der Waals surface area contributed by atoms with Gasteiger partial charge in [0.2, 0.25) is 0 Å². The highest BCUT2D eigenvalue weighted by molar-refractivity contribution is 6.46. The molecule has 7 nitrogen and oxygen atoms in total. The first-order valence-electron chi connectivity index (χ1n) is 10.1. The lowest BCUT2D eigenvalue weighted by atomic mass is 9.99. The Kier molecular flexibility index (Phi) is 6.95. The molecule has 1 aromatic carbocycles. The molecule has 1 N–H and O–H groups in total. The Morgan fingerprint density at radius 1 is 1.20 bits per heavy atom. The van der Waals surface area contributed by atoms with Crippen LogP contribution in [0.25, 0.3) is 5.76 Å². The molecule has 1 aliphatic rings. The summed E-state index contributed by atoms with van der Waals surface area (Å²) in [7, 11) is 0. The summed E-state index contributed by atoms with van der Waals surface area (Å²) >= 11 is 0. The zero-order valence-electron chi connectivity index (χ0n) is 17.5. The number of likely N-dealkylation sites (tertiary alicyclic amines) is 1. The molecule has 0 bridgehead atoms. The van der Waals surface area contributed by atoms with Crippen LogP contribution in [-0.2, 0) is 14.3 Å². The smallest absolute Gasteiger partial charge is 0.295 e. The van der Waals surface area contributed by atoms with E-state index < -0.39 is 17.7 Å². The minimum atomic E-state index is -0.786. The molecule has 2 aromatic rings. The fraction of sp³-hybridized carbons (Fsp3) is 0.391. The Bertz CT molecular complexity index is 898. The van der Waals surface area contributed by atoms with E-state index in [0.717, 1.165) is 0 Å². The molecular formula is C23H27NO6. The Balaban J connectivity index is 1.94. The molecule has 160 valence electrons. The van der Waals surface area contributed by atoms with Gasteiger partial charge in [0.05, 0.1) is 24.5 Å². The van der Waals surface area contributed by atoms with Gasteiger partial charge in [-0.05, 0) is 63.6 Å². The average Bonchev–Trinajstić information content (AvgIpc) is 3.33. The van der Waals surface area contributed by atoms with Gasteiger partial charge in [-0.3, -0.25) is 9.59 Å². The maximum Gasteiger partial charge on any atom is 0.295 e. The summed E-state index contributed by atoms with van der Waals surface area (Å²) in [6.45, 7) is 7.05. The third-order valence-corrected chi connectivity index (χ3v) is 4.79. The van der Waals surface area contributed by atoms with Gasteiger partial charge in [-0.2, -0.15) is 0 Å². The van der Waals surface area contributed by atoms with E-state index in [9.17, 15) is 14.7 Å². The molecule has 1 atom stereocenters. The molecule has 1 unspecified atom stereocenters. The van der Waals surface area contributed by atoms with Gasteiger partial charge < -0.3 is 23.9 Å². The summed E-state index contributed by atoms with van der Waals surface area (Å²) in [5.41, 5.74) is 0.444. The largest absolute Gasteiger partial charge is 0.507 e. The summed E-state index contributed by atoms with van der Waals surface area (Å²) in [6, 6.07) is 9.32. The maximum absolute atomic E-state index is 12.8. The van der Waals surface area contributed by atoms with Gasteiger partial charge in [-0.15, -0.1) is 0 Å². The SMILES string of the molecule is CCOc1ccc(/C(O)=C2/C(=O)C(=O)N(CCCOC(C)C)C2c2ccco2)cc1. The van der Waals surface area contributed by atoms with Crippen molar-refractivity contribution in [2.24, 2.45) is 0 Å². The summed E-state index contributed by atoms with van der Waals surface area (Å²) < 4.78 is 16.5. The Labute approximate surface area is 175 Å². The summed E-state index contributed by atoms with van der Waals surface area (Å²) in [5, 5.41) is 10.9. The Morgan fingerprint density at radius 2 is 1.93 bits per heavy atom. The molecule has 30 heavy (non-hydrogen) atoms. The number of aliphatic hydroxyl groups excluding tert-OH is 1. The molecule has 2 heterocycles. The molecule has 1 amide bonds. The first-order chi connectivity index (χ1) is 14.4. The highest BCUT2D eigenvalue weighted by Gasteiger charge is 2.47. The second kappa shape index (κ2) is 9.63. The molecule has 3 rings (SSSR count). The molecule has 0 radical (unpaired) electrons. The summed E-state index contributed by atoms with van der Waals surface area (Å²) in [5.74, 6) is -0.548. The number of carbonyl (C=O) groups is 2. The highest BCUT2D eigenvalue weighted by Crippen LogP contribution is 2.39. The number of ketones is 1. The van der Waals surface area contributed by atoms with E-state index in [0.29, 0.717) is 43.3 Å². The van der Waals surface area contributed by atoms with Crippen molar-refractivity contribution in [3.63, 3.8) is 0 Å². The van der Waals surface area contributed by atoms with Crippen molar-refractivity contribution in [1.29, 1.82) is 0 Å². The molecule has 1 aliphatic heterocycles. The van der Waals surface area contributed by atoms with Crippen molar-refractivity contribution < 1.29 is 28.6 Å². The first kappa shape index (κ1) is 21.6. The number of nitrogens with zero attached hydrogens (tertiary/aromatic N) is 1. The van der Waals surface area contributed by atoms with Crippen LogP contribution < -0.4 is 4.74 Å². The molecular weight excluding hydrogens is 386 g/mol. The van der Waals surface area contributed by atoms with Crippen molar-refractivity contribution in [3.05, 3.63) is 59.6 Å². The number of ether oxygens (including phenoxy) is 2. The molecule has 1 fully saturated rings. The number of furan rings is 1.